The highest BCUT2D eigenvalue weighted by Gasteiger charge is 2.16. The van der Waals surface area contributed by atoms with Crippen molar-refractivity contribution in [2.24, 2.45) is 0 Å². The molecular weight excluding hydrogens is 251 g/mol. The smallest absolute Gasteiger partial charge is 0.413 e. The predicted molar refractivity (Wildman–Crippen MR) is 66.0 cm³/mol. The Kier molecular flexibility index (Phi) is 3.74. The summed E-state index contributed by atoms with van der Waals surface area (Å²) in [5.41, 5.74) is 0.852. The molecule has 0 aliphatic heterocycles. The van der Waals surface area contributed by atoms with Gasteiger partial charge in [0.05, 0.1) is 0 Å². The lowest BCUT2D eigenvalue weighted by atomic mass is 10.1. The van der Waals surface area contributed by atoms with Crippen molar-refractivity contribution in [3.8, 4) is 0 Å². The maximum absolute atomic E-state index is 13.5. The zero-order valence-corrected chi connectivity index (χ0v) is 10.5. The van der Waals surface area contributed by atoms with Gasteiger partial charge in [0, 0.05) is 5.56 Å². The number of ether oxygens (including phenoxy) is 1. The molecule has 1 heterocycles. The van der Waals surface area contributed by atoms with E-state index >= 15 is 0 Å². The molecule has 0 fully saturated rings. The number of rotatable bonds is 3. The van der Waals surface area contributed by atoms with Gasteiger partial charge in [-0.1, -0.05) is 18.2 Å². The van der Waals surface area contributed by atoms with Crippen LogP contribution in [0.1, 0.15) is 24.3 Å². The SMILES string of the molecule is Cc1n[nH]nc1NC(=O)O[C@H](C)c1ccccc1F. The molecule has 100 valence electrons. The summed E-state index contributed by atoms with van der Waals surface area (Å²) in [7, 11) is 0. The summed E-state index contributed by atoms with van der Waals surface area (Å²) in [6.45, 7) is 3.27. The second kappa shape index (κ2) is 5.47. The van der Waals surface area contributed by atoms with Gasteiger partial charge in [0.15, 0.2) is 5.82 Å². The first-order chi connectivity index (χ1) is 9.08. The number of aromatic amines is 1. The second-order valence-corrected chi connectivity index (χ2v) is 3.95. The minimum absolute atomic E-state index is 0.283. The standard InChI is InChI=1S/C12H13FN4O2/c1-7-11(16-17-15-7)14-12(18)19-8(2)9-5-3-4-6-10(9)13/h3-6,8H,1-2H3,(H2,14,15,16,17,18)/t8-/m1/s1. The van der Waals surface area contributed by atoms with Crippen LogP contribution in [0, 0.1) is 12.7 Å². The van der Waals surface area contributed by atoms with Gasteiger partial charge in [-0.25, -0.2) is 9.18 Å². The fourth-order valence-electron chi connectivity index (χ4n) is 1.56. The minimum Gasteiger partial charge on any atom is -0.441 e. The number of hydrogen-bond donors (Lipinski definition) is 2. The third kappa shape index (κ3) is 3.06. The van der Waals surface area contributed by atoms with Crippen molar-refractivity contribution in [2.45, 2.75) is 20.0 Å². The Morgan fingerprint density at radius 2 is 2.16 bits per heavy atom. The van der Waals surface area contributed by atoms with Crippen molar-refractivity contribution < 1.29 is 13.9 Å². The van der Waals surface area contributed by atoms with Crippen LogP contribution in [-0.2, 0) is 4.74 Å². The van der Waals surface area contributed by atoms with Crippen molar-refractivity contribution in [1.29, 1.82) is 0 Å². The number of benzene rings is 1. The molecule has 1 aromatic heterocycles. The van der Waals surface area contributed by atoms with Crippen LogP contribution in [0.3, 0.4) is 0 Å². The number of aromatic nitrogens is 3. The summed E-state index contributed by atoms with van der Waals surface area (Å²) in [6, 6.07) is 6.13. The summed E-state index contributed by atoms with van der Waals surface area (Å²) >= 11 is 0. The van der Waals surface area contributed by atoms with Crippen molar-refractivity contribution in [3.63, 3.8) is 0 Å². The van der Waals surface area contributed by atoms with Gasteiger partial charge in [0.1, 0.15) is 17.6 Å². The number of hydrogen-bond acceptors (Lipinski definition) is 4. The average Bonchev–Trinajstić information content (AvgIpc) is 2.75. The van der Waals surface area contributed by atoms with E-state index in [4.69, 9.17) is 4.74 Å². The van der Waals surface area contributed by atoms with Gasteiger partial charge in [0.2, 0.25) is 0 Å². The number of anilines is 1. The average molecular weight is 264 g/mol. The molecule has 0 unspecified atom stereocenters. The number of nitrogens with one attached hydrogen (secondary N) is 2. The first-order valence-electron chi connectivity index (χ1n) is 5.67. The van der Waals surface area contributed by atoms with Crippen LogP contribution >= 0.6 is 0 Å². The molecule has 0 saturated heterocycles. The van der Waals surface area contributed by atoms with Gasteiger partial charge < -0.3 is 4.74 Å². The van der Waals surface area contributed by atoms with E-state index in [2.05, 4.69) is 20.7 Å². The van der Waals surface area contributed by atoms with E-state index in [1.807, 2.05) is 0 Å². The molecule has 19 heavy (non-hydrogen) atoms. The third-order valence-corrected chi connectivity index (χ3v) is 2.57. The van der Waals surface area contributed by atoms with Crippen molar-refractivity contribution in [1.82, 2.24) is 15.4 Å². The molecule has 0 aliphatic carbocycles. The summed E-state index contributed by atoms with van der Waals surface area (Å²) in [5, 5.41) is 12.3. The fourth-order valence-corrected chi connectivity index (χ4v) is 1.56. The highest BCUT2D eigenvalue weighted by Crippen LogP contribution is 2.20. The molecule has 6 nitrogen and oxygen atoms in total. The van der Waals surface area contributed by atoms with Gasteiger partial charge in [-0.05, 0) is 19.9 Å². The molecule has 0 bridgehead atoms. The van der Waals surface area contributed by atoms with Crippen molar-refractivity contribution in [2.75, 3.05) is 5.32 Å². The van der Waals surface area contributed by atoms with Crippen LogP contribution in [0.15, 0.2) is 24.3 Å². The second-order valence-electron chi connectivity index (χ2n) is 3.95. The molecule has 2 aromatic rings. The largest absolute Gasteiger partial charge is 0.441 e. The first-order valence-corrected chi connectivity index (χ1v) is 5.67. The molecule has 0 aliphatic rings. The number of aryl methyl sites for hydroxylation is 1. The van der Waals surface area contributed by atoms with Crippen LogP contribution in [0.25, 0.3) is 0 Å². The zero-order chi connectivity index (χ0) is 13.8. The van der Waals surface area contributed by atoms with Crippen LogP contribution in [0.2, 0.25) is 0 Å². The molecule has 7 heteroatoms. The van der Waals surface area contributed by atoms with E-state index in [0.717, 1.165) is 0 Å². The Morgan fingerprint density at radius 1 is 1.42 bits per heavy atom. The Morgan fingerprint density at radius 3 is 2.79 bits per heavy atom. The van der Waals surface area contributed by atoms with Crippen LogP contribution in [0.5, 0.6) is 0 Å². The Hall–Kier alpha value is -2.44. The number of amides is 1. The summed E-state index contributed by atoms with van der Waals surface area (Å²) in [4.78, 5) is 11.6. The Labute approximate surface area is 109 Å². The number of nitrogens with zero attached hydrogens (tertiary/aromatic N) is 2. The normalized spacial score (nSPS) is 11.9. The molecule has 0 saturated carbocycles. The third-order valence-electron chi connectivity index (χ3n) is 2.57. The summed E-state index contributed by atoms with van der Waals surface area (Å²) in [6.07, 6.45) is -1.42. The number of halogens is 1. The lowest BCUT2D eigenvalue weighted by molar-refractivity contribution is 0.119. The molecule has 1 atom stereocenters. The zero-order valence-electron chi connectivity index (χ0n) is 10.5. The van der Waals surface area contributed by atoms with E-state index in [0.29, 0.717) is 11.3 Å². The van der Waals surface area contributed by atoms with Crippen LogP contribution in [0.4, 0.5) is 15.0 Å². The lowest BCUT2D eigenvalue weighted by Gasteiger charge is -2.14. The lowest BCUT2D eigenvalue weighted by Crippen LogP contribution is -2.17. The van der Waals surface area contributed by atoms with Gasteiger partial charge in [-0.2, -0.15) is 10.3 Å². The summed E-state index contributed by atoms with van der Waals surface area (Å²) in [5.74, 6) is -0.133. The van der Waals surface area contributed by atoms with E-state index in [1.165, 1.54) is 6.07 Å². The van der Waals surface area contributed by atoms with Gasteiger partial charge >= 0.3 is 6.09 Å². The summed E-state index contributed by atoms with van der Waals surface area (Å²) < 4.78 is 18.6. The molecular formula is C12H13FN4O2. The maximum Gasteiger partial charge on any atom is 0.413 e. The van der Waals surface area contributed by atoms with E-state index in [1.54, 1.807) is 32.0 Å². The molecule has 2 N–H and O–H groups in total. The molecule has 1 aromatic carbocycles. The predicted octanol–water partition coefficient (Wildman–Crippen LogP) is 2.56. The van der Waals surface area contributed by atoms with Gasteiger partial charge in [-0.15, -0.1) is 5.10 Å². The maximum atomic E-state index is 13.5. The highest BCUT2D eigenvalue weighted by molar-refractivity contribution is 5.83. The van der Waals surface area contributed by atoms with Crippen molar-refractivity contribution >= 4 is 11.9 Å². The Bertz CT molecular complexity index is 585. The fraction of sp³-hybridized carbons (Fsp3) is 0.250. The highest BCUT2D eigenvalue weighted by atomic mass is 19.1. The molecule has 2 rings (SSSR count). The van der Waals surface area contributed by atoms with Gasteiger partial charge in [-0.3, -0.25) is 5.32 Å². The van der Waals surface area contributed by atoms with E-state index < -0.39 is 18.0 Å². The molecule has 0 spiro atoms. The Balaban J connectivity index is 2.00. The van der Waals surface area contributed by atoms with Gasteiger partial charge in [0.25, 0.3) is 0 Å². The quantitative estimate of drug-likeness (QED) is 0.892. The first kappa shape index (κ1) is 13.0. The van der Waals surface area contributed by atoms with E-state index in [-0.39, 0.29) is 5.82 Å². The number of H-pyrrole nitrogens is 1. The number of carbonyl (C=O) groups is 1. The molecule has 1 amide bonds. The van der Waals surface area contributed by atoms with Crippen LogP contribution in [-0.4, -0.2) is 21.5 Å². The number of carbonyl (C=O) groups excluding carboxylic acids is 1. The monoisotopic (exact) mass is 264 g/mol. The minimum atomic E-state index is -0.715. The topological polar surface area (TPSA) is 79.9 Å². The molecule has 0 radical (unpaired) electrons. The van der Waals surface area contributed by atoms with E-state index in [9.17, 15) is 9.18 Å². The van der Waals surface area contributed by atoms with Crippen LogP contribution < -0.4 is 5.32 Å². The van der Waals surface area contributed by atoms with Crippen molar-refractivity contribution in [3.05, 3.63) is 41.3 Å².